The van der Waals surface area contributed by atoms with Crippen molar-refractivity contribution in [2.24, 2.45) is 0 Å². The van der Waals surface area contributed by atoms with Gasteiger partial charge in [-0.1, -0.05) is 0 Å². The molecule has 1 amide bonds. The fourth-order valence-corrected chi connectivity index (χ4v) is 2.02. The highest BCUT2D eigenvalue weighted by atomic mass is 16.2. The maximum atomic E-state index is 12.3. The number of aliphatic hydroxyl groups excluding tert-OH is 1. The van der Waals surface area contributed by atoms with Crippen molar-refractivity contribution in [1.29, 1.82) is 0 Å². The highest BCUT2D eigenvalue weighted by Crippen LogP contribution is 2.12. The highest BCUT2D eigenvalue weighted by Gasteiger charge is 2.13. The Morgan fingerprint density at radius 1 is 1.35 bits per heavy atom. The van der Waals surface area contributed by atoms with E-state index in [2.05, 4.69) is 10.3 Å². The molecule has 2 N–H and O–H groups in total. The quantitative estimate of drug-likeness (QED) is 0.715. The molecule has 1 heterocycles. The van der Waals surface area contributed by atoms with Crippen LogP contribution in [0.15, 0.2) is 12.1 Å². The molecule has 1 rings (SSSR count). The van der Waals surface area contributed by atoms with E-state index in [-0.39, 0.29) is 12.5 Å². The van der Waals surface area contributed by atoms with Gasteiger partial charge in [-0.2, -0.15) is 0 Å². The number of nitrogens with one attached hydrogen (secondary N) is 1. The van der Waals surface area contributed by atoms with E-state index >= 15 is 0 Å². The Balaban J connectivity index is 2.65. The van der Waals surface area contributed by atoms with Gasteiger partial charge in [-0.3, -0.25) is 4.79 Å². The second kappa shape index (κ2) is 8.53. The zero-order valence-corrected chi connectivity index (χ0v) is 12.6. The van der Waals surface area contributed by atoms with Gasteiger partial charge in [0.2, 0.25) is 0 Å². The lowest BCUT2D eigenvalue weighted by Gasteiger charge is -2.18. The SMILES string of the molecule is CCNc1cc(C(=O)N(C)CCCCCO)cc(C)n1. The zero-order valence-electron chi connectivity index (χ0n) is 12.6. The molecule has 20 heavy (non-hydrogen) atoms. The lowest BCUT2D eigenvalue weighted by molar-refractivity contribution is 0.0792. The van der Waals surface area contributed by atoms with E-state index in [1.54, 1.807) is 11.0 Å². The molecule has 0 bridgehead atoms. The smallest absolute Gasteiger partial charge is 0.253 e. The van der Waals surface area contributed by atoms with Gasteiger partial charge in [0.05, 0.1) is 0 Å². The number of aryl methyl sites for hydroxylation is 1. The summed E-state index contributed by atoms with van der Waals surface area (Å²) in [5.41, 5.74) is 1.50. The molecule has 5 nitrogen and oxygen atoms in total. The minimum Gasteiger partial charge on any atom is -0.396 e. The van der Waals surface area contributed by atoms with Crippen LogP contribution in [0.5, 0.6) is 0 Å². The van der Waals surface area contributed by atoms with Crippen molar-refractivity contribution in [1.82, 2.24) is 9.88 Å². The highest BCUT2D eigenvalue weighted by molar-refractivity contribution is 5.94. The lowest BCUT2D eigenvalue weighted by atomic mass is 10.2. The minimum absolute atomic E-state index is 0.0126. The number of amides is 1. The van der Waals surface area contributed by atoms with Crippen molar-refractivity contribution in [3.05, 3.63) is 23.4 Å². The largest absolute Gasteiger partial charge is 0.396 e. The van der Waals surface area contributed by atoms with Gasteiger partial charge in [-0.05, 0) is 45.2 Å². The van der Waals surface area contributed by atoms with Crippen LogP contribution in [0.3, 0.4) is 0 Å². The van der Waals surface area contributed by atoms with E-state index in [9.17, 15) is 4.79 Å². The Kier molecular flexibility index (Phi) is 7.01. The fourth-order valence-electron chi connectivity index (χ4n) is 2.02. The first-order valence-corrected chi connectivity index (χ1v) is 7.17. The predicted molar refractivity (Wildman–Crippen MR) is 81.0 cm³/mol. The van der Waals surface area contributed by atoms with Gasteiger partial charge in [-0.25, -0.2) is 4.98 Å². The van der Waals surface area contributed by atoms with Gasteiger partial charge in [-0.15, -0.1) is 0 Å². The predicted octanol–water partition coefficient (Wildman–Crippen LogP) is 2.06. The Morgan fingerprint density at radius 2 is 2.10 bits per heavy atom. The number of nitrogens with zero attached hydrogens (tertiary/aromatic N) is 2. The van der Waals surface area contributed by atoms with Crippen molar-refractivity contribution in [3.63, 3.8) is 0 Å². The summed E-state index contributed by atoms with van der Waals surface area (Å²) in [7, 11) is 1.81. The molecule has 5 heteroatoms. The van der Waals surface area contributed by atoms with Crippen LogP contribution < -0.4 is 5.32 Å². The molecule has 0 fully saturated rings. The number of rotatable bonds is 8. The maximum absolute atomic E-state index is 12.3. The average Bonchev–Trinajstić information content (AvgIpc) is 2.42. The fraction of sp³-hybridized carbons (Fsp3) is 0.600. The lowest BCUT2D eigenvalue weighted by Crippen LogP contribution is -2.28. The Hall–Kier alpha value is -1.62. The number of aromatic nitrogens is 1. The summed E-state index contributed by atoms with van der Waals surface area (Å²) in [5.74, 6) is 0.753. The number of unbranched alkanes of at least 4 members (excludes halogenated alkanes) is 2. The number of carbonyl (C=O) groups is 1. The van der Waals surface area contributed by atoms with E-state index in [1.807, 2.05) is 27.0 Å². The second-order valence-electron chi connectivity index (χ2n) is 4.92. The Bertz CT molecular complexity index is 435. The molecule has 112 valence electrons. The molecule has 1 aromatic heterocycles. The number of pyridine rings is 1. The van der Waals surface area contributed by atoms with Crippen LogP contribution in [0.2, 0.25) is 0 Å². The van der Waals surface area contributed by atoms with Crippen LogP contribution in [0, 0.1) is 6.92 Å². The number of hydrogen-bond acceptors (Lipinski definition) is 4. The summed E-state index contributed by atoms with van der Waals surface area (Å²) < 4.78 is 0. The molecule has 0 aliphatic carbocycles. The first-order chi connectivity index (χ1) is 9.58. The second-order valence-corrected chi connectivity index (χ2v) is 4.92. The van der Waals surface area contributed by atoms with Crippen LogP contribution in [0.1, 0.15) is 42.2 Å². The molecule has 0 spiro atoms. The first-order valence-electron chi connectivity index (χ1n) is 7.17. The standard InChI is InChI=1S/C15H25N3O2/c1-4-16-14-11-13(10-12(2)17-14)15(20)18(3)8-6-5-7-9-19/h10-11,19H,4-9H2,1-3H3,(H,16,17). The normalized spacial score (nSPS) is 10.4. The molecule has 0 unspecified atom stereocenters. The van der Waals surface area contributed by atoms with Gasteiger partial charge in [0.25, 0.3) is 5.91 Å². The molecule has 0 atom stereocenters. The number of aliphatic hydroxyl groups is 1. The van der Waals surface area contributed by atoms with Gasteiger partial charge in [0.15, 0.2) is 0 Å². The Labute approximate surface area is 121 Å². The topological polar surface area (TPSA) is 65.5 Å². The van der Waals surface area contributed by atoms with Gasteiger partial charge >= 0.3 is 0 Å². The monoisotopic (exact) mass is 279 g/mol. The summed E-state index contributed by atoms with van der Waals surface area (Å²) >= 11 is 0. The van der Waals surface area contributed by atoms with E-state index in [0.717, 1.165) is 37.3 Å². The van der Waals surface area contributed by atoms with Crippen molar-refractivity contribution in [2.75, 3.05) is 32.1 Å². The molecule has 0 saturated heterocycles. The maximum Gasteiger partial charge on any atom is 0.253 e. The van der Waals surface area contributed by atoms with Gasteiger partial charge in [0.1, 0.15) is 5.82 Å². The molecule has 0 saturated carbocycles. The molecule has 1 aromatic rings. The van der Waals surface area contributed by atoms with Gasteiger partial charge in [0, 0.05) is 38.0 Å². The number of carbonyl (C=O) groups excluding carboxylic acids is 1. The molecular formula is C15H25N3O2. The third kappa shape index (κ3) is 5.17. The van der Waals surface area contributed by atoms with Crippen LogP contribution in [0.25, 0.3) is 0 Å². The van der Waals surface area contributed by atoms with Crippen molar-refractivity contribution >= 4 is 11.7 Å². The summed E-state index contributed by atoms with van der Waals surface area (Å²) in [6.45, 7) is 5.59. The van der Waals surface area contributed by atoms with Crippen LogP contribution in [-0.2, 0) is 0 Å². The van der Waals surface area contributed by atoms with E-state index < -0.39 is 0 Å². The molecule has 0 radical (unpaired) electrons. The molecule has 0 aliphatic rings. The third-order valence-corrected chi connectivity index (χ3v) is 3.06. The summed E-state index contributed by atoms with van der Waals surface area (Å²) in [6.07, 6.45) is 2.64. The minimum atomic E-state index is 0.0126. The molecule has 0 aliphatic heterocycles. The third-order valence-electron chi connectivity index (χ3n) is 3.06. The van der Waals surface area contributed by atoms with E-state index in [4.69, 9.17) is 5.11 Å². The van der Waals surface area contributed by atoms with Gasteiger partial charge < -0.3 is 15.3 Å². The van der Waals surface area contributed by atoms with Crippen molar-refractivity contribution in [2.45, 2.75) is 33.1 Å². The molecule has 0 aromatic carbocycles. The number of anilines is 1. The zero-order chi connectivity index (χ0) is 15.0. The van der Waals surface area contributed by atoms with Crippen LogP contribution in [0.4, 0.5) is 5.82 Å². The Morgan fingerprint density at radius 3 is 2.75 bits per heavy atom. The number of hydrogen-bond donors (Lipinski definition) is 2. The molecular weight excluding hydrogens is 254 g/mol. The summed E-state index contributed by atoms with van der Waals surface area (Å²) in [4.78, 5) is 18.4. The van der Waals surface area contributed by atoms with Crippen LogP contribution in [-0.4, -0.2) is 47.6 Å². The first kappa shape index (κ1) is 16.4. The van der Waals surface area contributed by atoms with E-state index in [0.29, 0.717) is 12.1 Å². The summed E-state index contributed by atoms with van der Waals surface area (Å²) in [6, 6.07) is 3.61. The van der Waals surface area contributed by atoms with Crippen LogP contribution >= 0.6 is 0 Å². The van der Waals surface area contributed by atoms with Crippen molar-refractivity contribution < 1.29 is 9.90 Å². The summed E-state index contributed by atoms with van der Waals surface area (Å²) in [5, 5.41) is 11.9. The van der Waals surface area contributed by atoms with Crippen molar-refractivity contribution in [3.8, 4) is 0 Å². The van der Waals surface area contributed by atoms with E-state index in [1.165, 1.54) is 0 Å². The average molecular weight is 279 g/mol.